The van der Waals surface area contributed by atoms with E-state index in [4.69, 9.17) is 10.5 Å². The van der Waals surface area contributed by atoms with E-state index in [-0.39, 0.29) is 0 Å². The molecule has 0 aliphatic carbocycles. The van der Waals surface area contributed by atoms with Gasteiger partial charge in [-0.3, -0.25) is 0 Å². The Morgan fingerprint density at radius 2 is 1.90 bits per heavy atom. The fraction of sp³-hybridized carbons (Fsp3) is 0.238. The number of aromatic nitrogens is 5. The highest BCUT2D eigenvalue weighted by Crippen LogP contribution is 2.26. The number of pyridine rings is 1. The quantitative estimate of drug-likeness (QED) is 0.468. The molecule has 29 heavy (non-hydrogen) atoms. The van der Waals surface area contributed by atoms with E-state index in [0.29, 0.717) is 35.5 Å². The summed E-state index contributed by atoms with van der Waals surface area (Å²) >= 11 is 0. The fourth-order valence-corrected chi connectivity index (χ4v) is 2.95. The minimum atomic E-state index is 0.321. The van der Waals surface area contributed by atoms with E-state index in [1.54, 1.807) is 12.4 Å². The van der Waals surface area contributed by atoms with E-state index < -0.39 is 0 Å². The molecule has 0 saturated heterocycles. The number of H-pyrrole nitrogens is 1. The first kappa shape index (κ1) is 18.8. The van der Waals surface area contributed by atoms with Crippen LogP contribution in [0.15, 0.2) is 48.8 Å². The molecule has 3 N–H and O–H groups in total. The maximum Gasteiger partial charge on any atom is 0.213 e. The molecular formula is C21H23N7O. The summed E-state index contributed by atoms with van der Waals surface area (Å²) < 4.78 is 5.68. The summed E-state index contributed by atoms with van der Waals surface area (Å²) in [4.78, 5) is 23.3. The van der Waals surface area contributed by atoms with Crippen LogP contribution in [-0.4, -0.2) is 57.1 Å². The van der Waals surface area contributed by atoms with Crippen molar-refractivity contribution in [3.05, 3.63) is 48.8 Å². The molecule has 148 valence electrons. The third-order valence-corrected chi connectivity index (χ3v) is 4.45. The van der Waals surface area contributed by atoms with Crippen molar-refractivity contribution in [3.63, 3.8) is 0 Å². The molecule has 4 rings (SSSR count). The molecule has 0 aliphatic heterocycles. The minimum absolute atomic E-state index is 0.321. The molecule has 0 bridgehead atoms. The van der Waals surface area contributed by atoms with Crippen LogP contribution >= 0.6 is 0 Å². The molecule has 0 radical (unpaired) electrons. The van der Waals surface area contributed by atoms with Crippen molar-refractivity contribution in [2.45, 2.75) is 6.42 Å². The van der Waals surface area contributed by atoms with Crippen molar-refractivity contribution >= 4 is 16.9 Å². The number of nitrogens with two attached hydrogens (primary N) is 1. The van der Waals surface area contributed by atoms with Crippen molar-refractivity contribution in [2.24, 2.45) is 0 Å². The van der Waals surface area contributed by atoms with Crippen LogP contribution in [0.2, 0.25) is 0 Å². The molecule has 0 aliphatic rings. The van der Waals surface area contributed by atoms with Crippen LogP contribution in [-0.2, 0) is 0 Å². The number of anilines is 1. The lowest BCUT2D eigenvalue weighted by Gasteiger charge is -2.10. The highest BCUT2D eigenvalue weighted by molar-refractivity contribution is 5.80. The molecule has 8 heteroatoms. The van der Waals surface area contributed by atoms with E-state index >= 15 is 0 Å². The Morgan fingerprint density at radius 3 is 2.66 bits per heavy atom. The van der Waals surface area contributed by atoms with E-state index in [2.05, 4.69) is 29.8 Å². The van der Waals surface area contributed by atoms with Gasteiger partial charge in [-0.25, -0.2) is 19.9 Å². The minimum Gasteiger partial charge on any atom is -0.478 e. The largest absolute Gasteiger partial charge is 0.478 e. The normalized spacial score (nSPS) is 11.3. The lowest BCUT2D eigenvalue weighted by Crippen LogP contribution is -2.15. The number of fused-ring (bicyclic) bond motifs is 1. The van der Waals surface area contributed by atoms with Crippen LogP contribution in [0.4, 0.5) is 5.82 Å². The molecule has 3 heterocycles. The fourth-order valence-electron chi connectivity index (χ4n) is 2.95. The summed E-state index contributed by atoms with van der Waals surface area (Å²) in [5.74, 6) is 1.50. The Bertz CT molecular complexity index is 1070. The van der Waals surface area contributed by atoms with Crippen molar-refractivity contribution < 1.29 is 4.74 Å². The maximum absolute atomic E-state index is 6.06. The predicted octanol–water partition coefficient (Wildman–Crippen LogP) is 2.99. The number of nitrogens with one attached hydrogen (secondary N) is 1. The topological polar surface area (TPSA) is 106 Å². The number of aromatic amines is 1. The van der Waals surface area contributed by atoms with Gasteiger partial charge in [0, 0.05) is 24.4 Å². The van der Waals surface area contributed by atoms with Gasteiger partial charge in [0.25, 0.3) is 0 Å². The monoisotopic (exact) mass is 389 g/mol. The lowest BCUT2D eigenvalue weighted by atomic mass is 10.2. The van der Waals surface area contributed by atoms with Gasteiger partial charge in [0.2, 0.25) is 5.88 Å². The van der Waals surface area contributed by atoms with E-state index in [1.807, 2.05) is 50.5 Å². The summed E-state index contributed by atoms with van der Waals surface area (Å²) in [6.45, 7) is 1.60. The molecule has 0 amide bonds. The molecule has 8 nitrogen and oxygen atoms in total. The predicted molar refractivity (Wildman–Crippen MR) is 113 cm³/mol. The first-order valence-corrected chi connectivity index (χ1v) is 9.42. The summed E-state index contributed by atoms with van der Waals surface area (Å²) in [5.41, 5.74) is 9.85. The number of hydrogen-bond acceptors (Lipinski definition) is 7. The van der Waals surface area contributed by atoms with E-state index in [0.717, 1.165) is 29.6 Å². The van der Waals surface area contributed by atoms with E-state index in [9.17, 15) is 0 Å². The van der Waals surface area contributed by atoms with Gasteiger partial charge < -0.3 is 20.4 Å². The summed E-state index contributed by atoms with van der Waals surface area (Å²) in [5, 5.41) is 0. The molecule has 1 aromatic carbocycles. The number of nitrogens with zero attached hydrogens (tertiary/aromatic N) is 5. The first-order chi connectivity index (χ1) is 14.1. The lowest BCUT2D eigenvalue weighted by molar-refractivity contribution is 0.273. The third-order valence-electron chi connectivity index (χ3n) is 4.45. The molecule has 3 aromatic heterocycles. The number of rotatable bonds is 7. The summed E-state index contributed by atoms with van der Waals surface area (Å²) in [6, 6.07) is 11.5. The standard InChI is InChI=1S/C21H23N7O/c1-28(2)10-5-11-29-18-9-8-14(12-23-18)17-13-24-20(22)19(25-17)21-26-15-6-3-4-7-16(15)27-21/h3-4,6-9,12-13H,5,10-11H2,1-2H3,(H2,22,24)(H,26,27). The van der Waals surface area contributed by atoms with E-state index in [1.165, 1.54) is 0 Å². The number of nitrogen functional groups attached to an aromatic ring is 1. The van der Waals surface area contributed by atoms with Gasteiger partial charge in [-0.1, -0.05) is 12.1 Å². The molecule has 4 aromatic rings. The van der Waals surface area contributed by atoms with Crippen molar-refractivity contribution in [2.75, 3.05) is 33.0 Å². The first-order valence-electron chi connectivity index (χ1n) is 9.42. The number of hydrogen-bond donors (Lipinski definition) is 2. The summed E-state index contributed by atoms with van der Waals surface area (Å²) in [6.07, 6.45) is 4.31. The summed E-state index contributed by atoms with van der Waals surface area (Å²) in [7, 11) is 4.08. The molecular weight excluding hydrogens is 366 g/mol. The zero-order valence-corrected chi connectivity index (χ0v) is 16.5. The van der Waals surface area contributed by atoms with Gasteiger partial charge in [0.05, 0.1) is 29.5 Å². The van der Waals surface area contributed by atoms with Crippen LogP contribution in [0, 0.1) is 0 Å². The van der Waals surface area contributed by atoms with Crippen LogP contribution in [0.1, 0.15) is 6.42 Å². The Kier molecular flexibility index (Phi) is 5.35. The second kappa shape index (κ2) is 8.24. The molecule has 0 unspecified atom stereocenters. The average Bonchev–Trinajstić information content (AvgIpc) is 3.16. The Morgan fingerprint density at radius 1 is 1.03 bits per heavy atom. The zero-order chi connectivity index (χ0) is 20.2. The Hall–Kier alpha value is -3.52. The molecule has 0 saturated carbocycles. The Balaban J connectivity index is 1.54. The van der Waals surface area contributed by atoms with Gasteiger partial charge >= 0.3 is 0 Å². The second-order valence-electron chi connectivity index (χ2n) is 6.98. The van der Waals surface area contributed by atoms with Crippen molar-refractivity contribution in [3.8, 4) is 28.7 Å². The van der Waals surface area contributed by atoms with Gasteiger partial charge in [-0.15, -0.1) is 0 Å². The molecule has 0 atom stereocenters. The smallest absolute Gasteiger partial charge is 0.213 e. The van der Waals surface area contributed by atoms with Crippen LogP contribution in [0.5, 0.6) is 5.88 Å². The van der Waals surface area contributed by atoms with Gasteiger partial charge in [-0.2, -0.15) is 0 Å². The zero-order valence-electron chi connectivity index (χ0n) is 16.5. The van der Waals surface area contributed by atoms with Gasteiger partial charge in [-0.05, 0) is 38.7 Å². The average molecular weight is 389 g/mol. The number of imidazole rings is 1. The number of ether oxygens (including phenoxy) is 1. The Labute approximate surface area is 168 Å². The SMILES string of the molecule is CN(C)CCCOc1ccc(-c2cnc(N)c(-c3nc4ccccc4[nH]3)n2)cn1. The number of benzene rings is 1. The molecule has 0 spiro atoms. The number of para-hydroxylation sites is 2. The highest BCUT2D eigenvalue weighted by Gasteiger charge is 2.13. The van der Waals surface area contributed by atoms with Crippen molar-refractivity contribution in [1.29, 1.82) is 0 Å². The van der Waals surface area contributed by atoms with Crippen LogP contribution in [0.25, 0.3) is 33.8 Å². The van der Waals surface area contributed by atoms with Crippen molar-refractivity contribution in [1.82, 2.24) is 29.8 Å². The van der Waals surface area contributed by atoms with Gasteiger partial charge in [0.1, 0.15) is 5.69 Å². The third kappa shape index (κ3) is 4.33. The maximum atomic E-state index is 6.06. The van der Waals surface area contributed by atoms with Crippen LogP contribution in [0.3, 0.4) is 0 Å². The van der Waals surface area contributed by atoms with Crippen LogP contribution < -0.4 is 10.5 Å². The van der Waals surface area contributed by atoms with Gasteiger partial charge in [0.15, 0.2) is 11.6 Å². The molecule has 0 fully saturated rings. The highest BCUT2D eigenvalue weighted by atomic mass is 16.5. The second-order valence-corrected chi connectivity index (χ2v) is 6.98.